The van der Waals surface area contributed by atoms with Gasteiger partial charge in [-0.2, -0.15) is 9.41 Å². The lowest BCUT2D eigenvalue weighted by Crippen LogP contribution is -2.40. The summed E-state index contributed by atoms with van der Waals surface area (Å²) in [6, 6.07) is 14.9. The smallest absolute Gasteiger partial charge is 0.243 e. The van der Waals surface area contributed by atoms with Gasteiger partial charge in [0, 0.05) is 43.8 Å². The summed E-state index contributed by atoms with van der Waals surface area (Å²) in [7, 11) is 0.445. The third kappa shape index (κ3) is 5.16. The number of nitrogens with one attached hydrogen (secondary N) is 1. The lowest BCUT2D eigenvalue weighted by atomic mass is 10.2. The minimum atomic E-state index is -3.55. The highest BCUT2D eigenvalue weighted by Crippen LogP contribution is 2.28. The maximum Gasteiger partial charge on any atom is 0.243 e. The molecule has 2 aromatic carbocycles. The van der Waals surface area contributed by atoms with Crippen molar-refractivity contribution in [3.05, 3.63) is 59.5 Å². The molecule has 0 amide bonds. The Balaban J connectivity index is 1.45. The highest BCUT2D eigenvalue weighted by Gasteiger charge is 2.26. The molecular formula is C22H25N5O3S2. The first-order chi connectivity index (χ1) is 15.4. The van der Waals surface area contributed by atoms with Crippen LogP contribution in [0.3, 0.4) is 0 Å². The van der Waals surface area contributed by atoms with Crippen LogP contribution in [0.25, 0.3) is 11.3 Å². The fraction of sp³-hybridized carbons (Fsp3) is 0.273. The predicted molar refractivity (Wildman–Crippen MR) is 129 cm³/mol. The third-order valence-electron chi connectivity index (χ3n) is 5.03. The number of rotatable bonds is 7. The quantitative estimate of drug-likeness (QED) is 0.420. The molecule has 0 radical (unpaired) electrons. The van der Waals surface area contributed by atoms with Crippen molar-refractivity contribution in [2.24, 2.45) is 5.10 Å². The second-order valence-electron chi connectivity index (χ2n) is 7.44. The van der Waals surface area contributed by atoms with Crippen molar-refractivity contribution in [1.82, 2.24) is 9.29 Å². The first-order valence-corrected chi connectivity index (χ1v) is 12.5. The number of nitrogens with zero attached hydrogens (tertiary/aromatic N) is 4. The number of morpholine rings is 1. The number of hydrogen-bond donors (Lipinski definition) is 1. The molecule has 1 N–H and O–H groups in total. The van der Waals surface area contributed by atoms with Crippen LogP contribution in [0.15, 0.2) is 63.9 Å². The SMILES string of the molecule is CN(C)c1ccc(/C=N/Nc2nc(-c3cccc(S(=O)(=O)N4CCOCC4)c3)cs2)cc1. The van der Waals surface area contributed by atoms with E-state index < -0.39 is 10.0 Å². The van der Waals surface area contributed by atoms with Gasteiger partial charge in [-0.1, -0.05) is 24.3 Å². The molecule has 0 bridgehead atoms. The molecular weight excluding hydrogens is 446 g/mol. The maximum absolute atomic E-state index is 12.9. The van der Waals surface area contributed by atoms with E-state index in [0.717, 1.165) is 16.8 Å². The average molecular weight is 472 g/mol. The van der Waals surface area contributed by atoms with Crippen molar-refractivity contribution in [1.29, 1.82) is 0 Å². The van der Waals surface area contributed by atoms with Gasteiger partial charge in [-0.15, -0.1) is 11.3 Å². The van der Waals surface area contributed by atoms with Gasteiger partial charge in [0.1, 0.15) is 0 Å². The van der Waals surface area contributed by atoms with Gasteiger partial charge in [0.25, 0.3) is 0 Å². The van der Waals surface area contributed by atoms with Crippen molar-refractivity contribution in [2.75, 3.05) is 50.7 Å². The van der Waals surface area contributed by atoms with E-state index in [9.17, 15) is 8.42 Å². The Morgan fingerprint density at radius 3 is 2.62 bits per heavy atom. The molecule has 4 rings (SSSR count). The number of aromatic nitrogens is 1. The van der Waals surface area contributed by atoms with Crippen LogP contribution in [-0.4, -0.2) is 64.3 Å². The van der Waals surface area contributed by atoms with Crippen molar-refractivity contribution in [2.45, 2.75) is 4.90 Å². The Morgan fingerprint density at radius 2 is 1.91 bits per heavy atom. The first-order valence-electron chi connectivity index (χ1n) is 10.1. The van der Waals surface area contributed by atoms with Crippen LogP contribution >= 0.6 is 11.3 Å². The Hall–Kier alpha value is -2.79. The van der Waals surface area contributed by atoms with Crippen LogP contribution in [0.2, 0.25) is 0 Å². The number of thiazole rings is 1. The second-order valence-corrected chi connectivity index (χ2v) is 10.2. The zero-order valence-electron chi connectivity index (χ0n) is 17.9. The third-order valence-corrected chi connectivity index (χ3v) is 7.67. The molecule has 1 aliphatic rings. The van der Waals surface area contributed by atoms with Gasteiger partial charge < -0.3 is 9.64 Å². The predicted octanol–water partition coefficient (Wildman–Crippen LogP) is 3.34. The minimum absolute atomic E-state index is 0.263. The van der Waals surface area contributed by atoms with Gasteiger partial charge in [0.15, 0.2) is 0 Å². The summed E-state index contributed by atoms with van der Waals surface area (Å²) in [4.78, 5) is 6.84. The summed E-state index contributed by atoms with van der Waals surface area (Å²) in [5.74, 6) is 0. The van der Waals surface area contributed by atoms with Gasteiger partial charge in [-0.3, -0.25) is 5.43 Å². The van der Waals surface area contributed by atoms with Crippen molar-refractivity contribution < 1.29 is 13.2 Å². The van der Waals surface area contributed by atoms with Gasteiger partial charge in [0.05, 0.1) is 30.0 Å². The lowest BCUT2D eigenvalue weighted by molar-refractivity contribution is 0.0730. The number of ether oxygens (including phenoxy) is 1. The van der Waals surface area contributed by atoms with E-state index in [2.05, 4.69) is 15.5 Å². The summed E-state index contributed by atoms with van der Waals surface area (Å²) < 4.78 is 32.6. The molecule has 10 heteroatoms. The van der Waals surface area contributed by atoms with E-state index in [-0.39, 0.29) is 4.90 Å². The van der Waals surface area contributed by atoms with E-state index in [1.807, 2.05) is 54.7 Å². The number of anilines is 2. The topological polar surface area (TPSA) is 87.1 Å². The molecule has 0 aliphatic carbocycles. The molecule has 1 aromatic heterocycles. The molecule has 0 spiro atoms. The lowest BCUT2D eigenvalue weighted by Gasteiger charge is -2.26. The van der Waals surface area contributed by atoms with E-state index in [1.165, 1.54) is 15.6 Å². The normalized spacial score (nSPS) is 15.2. The fourth-order valence-electron chi connectivity index (χ4n) is 3.23. The molecule has 8 nitrogen and oxygen atoms in total. The summed E-state index contributed by atoms with van der Waals surface area (Å²) in [6.45, 7) is 1.57. The maximum atomic E-state index is 12.9. The Kier molecular flexibility index (Phi) is 6.85. The molecule has 1 saturated heterocycles. The molecule has 168 valence electrons. The van der Waals surface area contributed by atoms with Crippen LogP contribution in [0.4, 0.5) is 10.8 Å². The highest BCUT2D eigenvalue weighted by molar-refractivity contribution is 7.89. The Labute approximate surface area is 192 Å². The summed E-state index contributed by atoms with van der Waals surface area (Å²) >= 11 is 1.41. The summed E-state index contributed by atoms with van der Waals surface area (Å²) in [5.41, 5.74) is 6.48. The fourth-order valence-corrected chi connectivity index (χ4v) is 5.35. The van der Waals surface area contributed by atoms with Crippen molar-refractivity contribution >= 4 is 38.4 Å². The largest absolute Gasteiger partial charge is 0.379 e. The second kappa shape index (κ2) is 9.78. The van der Waals surface area contributed by atoms with Crippen LogP contribution in [0, 0.1) is 0 Å². The van der Waals surface area contributed by atoms with Crippen molar-refractivity contribution in [3.8, 4) is 11.3 Å². The van der Waals surface area contributed by atoms with E-state index >= 15 is 0 Å². The summed E-state index contributed by atoms with van der Waals surface area (Å²) in [6.07, 6.45) is 1.73. The van der Waals surface area contributed by atoms with Gasteiger partial charge in [-0.05, 0) is 29.8 Å². The number of benzene rings is 2. The summed E-state index contributed by atoms with van der Waals surface area (Å²) in [5, 5.41) is 6.76. The van der Waals surface area contributed by atoms with Crippen LogP contribution in [-0.2, 0) is 14.8 Å². The van der Waals surface area contributed by atoms with E-state index in [4.69, 9.17) is 4.74 Å². The van der Waals surface area contributed by atoms with Gasteiger partial charge >= 0.3 is 0 Å². The molecule has 0 unspecified atom stereocenters. The Bertz CT molecular complexity index is 1180. The van der Waals surface area contributed by atoms with Gasteiger partial charge in [-0.25, -0.2) is 13.4 Å². The van der Waals surface area contributed by atoms with Crippen LogP contribution in [0.1, 0.15) is 5.56 Å². The van der Waals surface area contributed by atoms with Crippen molar-refractivity contribution in [3.63, 3.8) is 0 Å². The van der Waals surface area contributed by atoms with E-state index in [0.29, 0.717) is 37.1 Å². The van der Waals surface area contributed by atoms with E-state index in [1.54, 1.807) is 24.4 Å². The number of sulfonamides is 1. The zero-order chi connectivity index (χ0) is 22.6. The standard InChI is InChI=1S/C22H25N5O3S2/c1-26(2)19-8-6-17(7-9-19)15-23-25-22-24-21(16-31-22)18-4-3-5-20(14-18)32(28,29)27-10-12-30-13-11-27/h3-9,14-16H,10-13H2,1-2H3,(H,24,25)/b23-15+. The van der Waals surface area contributed by atoms with Gasteiger partial charge in [0.2, 0.25) is 15.2 Å². The number of hydrogen-bond acceptors (Lipinski definition) is 8. The van der Waals surface area contributed by atoms with Crippen LogP contribution < -0.4 is 10.3 Å². The monoisotopic (exact) mass is 471 g/mol. The zero-order valence-corrected chi connectivity index (χ0v) is 19.6. The average Bonchev–Trinajstić information content (AvgIpc) is 3.29. The molecule has 1 aliphatic heterocycles. The minimum Gasteiger partial charge on any atom is -0.379 e. The molecule has 1 fully saturated rings. The highest BCUT2D eigenvalue weighted by atomic mass is 32.2. The molecule has 0 saturated carbocycles. The first kappa shape index (κ1) is 22.4. The molecule has 0 atom stereocenters. The Morgan fingerprint density at radius 1 is 1.16 bits per heavy atom. The van der Waals surface area contributed by atoms with Crippen LogP contribution in [0.5, 0.6) is 0 Å². The molecule has 3 aromatic rings. The molecule has 32 heavy (non-hydrogen) atoms. The number of hydrazone groups is 1. The molecule has 2 heterocycles.